The van der Waals surface area contributed by atoms with Crippen LogP contribution in [0, 0.1) is 0 Å². The monoisotopic (exact) mass is 361 g/mol. The van der Waals surface area contributed by atoms with Gasteiger partial charge in [-0.05, 0) is 24.3 Å². The minimum absolute atomic E-state index is 0.315. The largest absolute Gasteiger partial charge is 0.422 e. The summed E-state index contributed by atoms with van der Waals surface area (Å²) in [5.41, 5.74) is 3.27. The van der Waals surface area contributed by atoms with Crippen LogP contribution in [0.25, 0.3) is 59.8 Å². The molecule has 0 aliphatic carbocycles. The molecule has 5 heteroatoms. The van der Waals surface area contributed by atoms with Crippen LogP contribution in [0.2, 0.25) is 0 Å². The summed E-state index contributed by atoms with van der Waals surface area (Å²) in [6, 6.07) is 13.8. The van der Waals surface area contributed by atoms with Crippen LogP contribution in [0.5, 0.6) is 0 Å². The molecule has 130 valence electrons. The molecule has 5 aromatic heterocycles. The summed E-state index contributed by atoms with van der Waals surface area (Å²) in [7, 11) is 0. The number of hydrogen-bond donors (Lipinski definition) is 0. The Kier molecular flexibility index (Phi) is 2.34. The van der Waals surface area contributed by atoms with Crippen molar-refractivity contribution >= 4 is 59.8 Å². The van der Waals surface area contributed by atoms with Gasteiger partial charge in [-0.3, -0.25) is 9.97 Å². The van der Waals surface area contributed by atoms with Gasteiger partial charge in [0.2, 0.25) is 0 Å². The van der Waals surface area contributed by atoms with Gasteiger partial charge in [0, 0.05) is 44.7 Å². The third-order valence-corrected chi connectivity index (χ3v) is 5.75. The van der Waals surface area contributed by atoms with Crippen LogP contribution in [-0.2, 0) is 0 Å². The Hall–Kier alpha value is -3.99. The molecule has 0 fully saturated rings. The van der Waals surface area contributed by atoms with Gasteiger partial charge in [-0.1, -0.05) is 18.2 Å². The predicted molar refractivity (Wildman–Crippen MR) is 110 cm³/mol. The third kappa shape index (κ3) is 1.48. The molecule has 0 spiro atoms. The van der Waals surface area contributed by atoms with E-state index in [0.29, 0.717) is 11.0 Å². The Labute approximate surface area is 156 Å². The summed E-state index contributed by atoms with van der Waals surface area (Å²) in [4.78, 5) is 21.7. The Bertz CT molecular complexity index is 1790. The number of nitrogens with zero attached hydrogens (tertiary/aromatic N) is 3. The maximum atomic E-state index is 13.1. The Morgan fingerprint density at radius 1 is 0.750 bits per heavy atom. The fourth-order valence-corrected chi connectivity index (χ4v) is 4.66. The molecule has 0 saturated carbocycles. The number of pyridine rings is 2. The van der Waals surface area contributed by atoms with Crippen molar-refractivity contribution in [2.75, 3.05) is 0 Å². The molecule has 5 nitrogen and oxygen atoms in total. The van der Waals surface area contributed by atoms with E-state index in [2.05, 4.69) is 20.4 Å². The van der Waals surface area contributed by atoms with Gasteiger partial charge in [-0.15, -0.1) is 0 Å². The summed E-state index contributed by atoms with van der Waals surface area (Å²) in [6.07, 6.45) is 7.28. The van der Waals surface area contributed by atoms with E-state index >= 15 is 0 Å². The van der Waals surface area contributed by atoms with Gasteiger partial charge in [0.25, 0.3) is 0 Å². The lowest BCUT2D eigenvalue weighted by Crippen LogP contribution is -2.00. The smallest absolute Gasteiger partial charge is 0.344 e. The molecule has 0 unspecified atom stereocenters. The lowest BCUT2D eigenvalue weighted by molar-refractivity contribution is 0.570. The van der Waals surface area contributed by atoms with Crippen LogP contribution in [0.15, 0.2) is 76.5 Å². The SMILES string of the molecule is O=c1oc2ccccc2c2cc3c4ccncc4n4c5cnccc5c(c12)c34. The highest BCUT2D eigenvalue weighted by Crippen LogP contribution is 2.42. The summed E-state index contributed by atoms with van der Waals surface area (Å²) in [5, 5.41) is 6.59. The molecular weight excluding hydrogens is 350 g/mol. The summed E-state index contributed by atoms with van der Waals surface area (Å²) in [6.45, 7) is 0. The zero-order valence-corrected chi connectivity index (χ0v) is 14.5. The Morgan fingerprint density at radius 3 is 2.36 bits per heavy atom. The van der Waals surface area contributed by atoms with Crippen molar-refractivity contribution in [2.45, 2.75) is 0 Å². The molecule has 0 saturated heterocycles. The second kappa shape index (κ2) is 4.64. The van der Waals surface area contributed by atoms with Crippen LogP contribution in [0.3, 0.4) is 0 Å². The lowest BCUT2D eigenvalue weighted by Gasteiger charge is -2.05. The standard InChI is InChI=1S/C23H11N3O2/c27-23-21-15(13-3-1-2-4-19(13)28-23)9-16-12-5-7-24-10-17(12)26-18-11-25-8-6-14(18)20(21)22(16)26/h1-11H. The number of benzene rings is 2. The number of rotatable bonds is 0. The van der Waals surface area contributed by atoms with Crippen molar-refractivity contribution < 1.29 is 4.42 Å². The molecule has 0 aliphatic rings. The minimum atomic E-state index is -0.315. The Morgan fingerprint density at radius 2 is 1.50 bits per heavy atom. The van der Waals surface area contributed by atoms with Crippen LogP contribution in [-0.4, -0.2) is 14.4 Å². The predicted octanol–water partition coefficient (Wildman–Crippen LogP) is 4.89. The quantitative estimate of drug-likeness (QED) is 0.285. The molecule has 7 aromatic rings. The number of aromatic nitrogens is 3. The number of para-hydroxylation sites is 1. The van der Waals surface area contributed by atoms with Gasteiger partial charge >= 0.3 is 5.63 Å². The minimum Gasteiger partial charge on any atom is -0.422 e. The van der Waals surface area contributed by atoms with Gasteiger partial charge in [-0.25, -0.2) is 4.79 Å². The van der Waals surface area contributed by atoms with Crippen LogP contribution < -0.4 is 5.63 Å². The van der Waals surface area contributed by atoms with E-state index in [1.165, 1.54) is 0 Å². The molecular formula is C23H11N3O2. The summed E-state index contributed by atoms with van der Waals surface area (Å²) < 4.78 is 7.84. The highest BCUT2D eigenvalue weighted by molar-refractivity contribution is 6.33. The molecule has 0 N–H and O–H groups in total. The second-order valence-corrected chi connectivity index (χ2v) is 7.08. The van der Waals surface area contributed by atoms with Crippen molar-refractivity contribution in [1.82, 2.24) is 14.4 Å². The topological polar surface area (TPSA) is 60.4 Å². The summed E-state index contributed by atoms with van der Waals surface area (Å²) in [5.74, 6) is 0. The third-order valence-electron chi connectivity index (χ3n) is 5.75. The van der Waals surface area contributed by atoms with Crippen LogP contribution in [0.4, 0.5) is 0 Å². The zero-order chi connectivity index (χ0) is 18.4. The van der Waals surface area contributed by atoms with E-state index in [1.54, 1.807) is 12.4 Å². The molecule has 0 radical (unpaired) electrons. The van der Waals surface area contributed by atoms with Crippen LogP contribution in [0.1, 0.15) is 0 Å². The van der Waals surface area contributed by atoms with Crippen molar-refractivity contribution in [2.24, 2.45) is 0 Å². The van der Waals surface area contributed by atoms with Gasteiger partial charge < -0.3 is 8.82 Å². The Balaban J connectivity index is 1.98. The molecule has 0 atom stereocenters. The first-order valence-electron chi connectivity index (χ1n) is 9.04. The first-order valence-corrected chi connectivity index (χ1v) is 9.04. The molecule has 0 aliphatic heterocycles. The normalized spacial score (nSPS) is 12.4. The van der Waals surface area contributed by atoms with Crippen molar-refractivity contribution in [3.8, 4) is 0 Å². The molecule has 0 bridgehead atoms. The first kappa shape index (κ1) is 14.1. The van der Waals surface area contributed by atoms with Crippen molar-refractivity contribution in [3.63, 3.8) is 0 Å². The van der Waals surface area contributed by atoms with Crippen molar-refractivity contribution in [3.05, 3.63) is 77.7 Å². The van der Waals surface area contributed by atoms with Crippen LogP contribution >= 0.6 is 0 Å². The molecule has 28 heavy (non-hydrogen) atoms. The van der Waals surface area contributed by atoms with E-state index in [-0.39, 0.29) is 5.63 Å². The van der Waals surface area contributed by atoms with Gasteiger partial charge in [0.1, 0.15) is 5.58 Å². The number of hydrogen-bond acceptors (Lipinski definition) is 4. The van der Waals surface area contributed by atoms with E-state index in [9.17, 15) is 4.79 Å². The van der Waals surface area contributed by atoms with Gasteiger partial charge in [0.05, 0.1) is 34.3 Å². The first-order chi connectivity index (χ1) is 13.8. The second-order valence-electron chi connectivity index (χ2n) is 7.08. The average Bonchev–Trinajstić information content (AvgIpc) is 3.25. The number of fused-ring (bicyclic) bond motifs is 10. The molecule has 5 heterocycles. The van der Waals surface area contributed by atoms with E-state index in [4.69, 9.17) is 4.42 Å². The molecule has 7 rings (SSSR count). The van der Waals surface area contributed by atoms with Gasteiger partial charge in [0.15, 0.2) is 0 Å². The molecule has 0 amide bonds. The zero-order valence-electron chi connectivity index (χ0n) is 14.5. The fraction of sp³-hybridized carbons (Fsp3) is 0. The lowest BCUT2D eigenvalue weighted by atomic mass is 10.00. The average molecular weight is 361 g/mol. The van der Waals surface area contributed by atoms with E-state index in [1.807, 2.05) is 48.8 Å². The van der Waals surface area contributed by atoms with E-state index < -0.39 is 0 Å². The highest BCUT2D eigenvalue weighted by atomic mass is 16.4. The van der Waals surface area contributed by atoms with Crippen molar-refractivity contribution in [1.29, 1.82) is 0 Å². The highest BCUT2D eigenvalue weighted by Gasteiger charge is 2.22. The summed E-state index contributed by atoms with van der Waals surface area (Å²) >= 11 is 0. The van der Waals surface area contributed by atoms with E-state index in [0.717, 1.165) is 48.9 Å². The molecule has 2 aromatic carbocycles. The van der Waals surface area contributed by atoms with Gasteiger partial charge in [-0.2, -0.15) is 0 Å². The fourth-order valence-electron chi connectivity index (χ4n) is 4.66. The maximum absolute atomic E-state index is 13.1. The maximum Gasteiger partial charge on any atom is 0.344 e.